The van der Waals surface area contributed by atoms with E-state index in [1.807, 2.05) is 64.7 Å². The summed E-state index contributed by atoms with van der Waals surface area (Å²) in [5.74, 6) is 2.48. The Morgan fingerprint density at radius 1 is 0.966 bits per heavy atom. The van der Waals surface area contributed by atoms with Crippen LogP contribution in [0.2, 0.25) is 0 Å². The van der Waals surface area contributed by atoms with Crippen LogP contribution in [0.15, 0.2) is 48.5 Å². The molecular formula is C22H26N4O2S. The molecule has 0 atom stereocenters. The number of aromatic nitrogens is 3. The highest BCUT2D eigenvalue weighted by Gasteiger charge is 2.18. The Balaban J connectivity index is 1.77. The minimum Gasteiger partial charge on any atom is -0.497 e. The van der Waals surface area contributed by atoms with Crippen LogP contribution in [0.25, 0.3) is 17.1 Å². The monoisotopic (exact) mass is 410 g/mol. The van der Waals surface area contributed by atoms with E-state index in [1.165, 1.54) is 12.8 Å². The third-order valence-corrected chi connectivity index (χ3v) is 5.52. The predicted molar refractivity (Wildman–Crippen MR) is 116 cm³/mol. The van der Waals surface area contributed by atoms with Gasteiger partial charge in [-0.1, -0.05) is 0 Å². The predicted octanol–water partition coefficient (Wildman–Crippen LogP) is 4.53. The average molecular weight is 411 g/mol. The molecule has 0 unspecified atom stereocenters. The lowest BCUT2D eigenvalue weighted by Crippen LogP contribution is -2.23. The third-order valence-electron chi connectivity index (χ3n) is 5.13. The molecule has 0 N–H and O–H groups in total. The lowest BCUT2D eigenvalue weighted by Gasteiger charge is -2.13. The number of rotatable bonds is 7. The van der Waals surface area contributed by atoms with Crippen LogP contribution in [0.1, 0.15) is 19.8 Å². The molecule has 0 spiro atoms. The molecule has 0 amide bonds. The van der Waals surface area contributed by atoms with Crippen LogP contribution in [-0.2, 0) is 6.67 Å². The molecule has 2 aromatic carbocycles. The van der Waals surface area contributed by atoms with E-state index in [4.69, 9.17) is 26.8 Å². The van der Waals surface area contributed by atoms with Gasteiger partial charge in [0, 0.05) is 5.56 Å². The Hall–Kier alpha value is -2.64. The van der Waals surface area contributed by atoms with Crippen molar-refractivity contribution in [3.8, 4) is 28.6 Å². The van der Waals surface area contributed by atoms with Crippen molar-refractivity contribution in [2.24, 2.45) is 0 Å². The molecule has 29 heavy (non-hydrogen) atoms. The zero-order valence-corrected chi connectivity index (χ0v) is 17.7. The number of hydrogen-bond donors (Lipinski definition) is 0. The SMILES string of the molecule is CCOc1ccc(-n2c(-c3ccc(OC)cc3)nn(CN3CCCC3)c2=S)cc1. The molecule has 2 heterocycles. The molecule has 6 nitrogen and oxygen atoms in total. The first-order valence-corrected chi connectivity index (χ1v) is 10.4. The van der Waals surface area contributed by atoms with Crippen LogP contribution in [-0.4, -0.2) is 46.1 Å². The first-order valence-electron chi connectivity index (χ1n) is 9.99. The second-order valence-corrected chi connectivity index (χ2v) is 7.43. The second-order valence-electron chi connectivity index (χ2n) is 7.06. The van der Waals surface area contributed by atoms with E-state index < -0.39 is 0 Å². The summed E-state index contributed by atoms with van der Waals surface area (Å²) in [6.45, 7) is 5.52. The standard InChI is InChI=1S/C22H26N4O2S/c1-3-28-20-12-8-18(9-13-20)26-21(17-6-10-19(27-2)11-7-17)23-25(22(26)29)16-24-14-4-5-15-24/h6-13H,3-5,14-16H2,1-2H3. The number of likely N-dealkylation sites (tertiary alicyclic amines) is 1. The van der Waals surface area contributed by atoms with Gasteiger partial charge in [-0.25, -0.2) is 4.68 Å². The van der Waals surface area contributed by atoms with E-state index in [2.05, 4.69) is 4.90 Å². The van der Waals surface area contributed by atoms with Gasteiger partial charge in [0.1, 0.15) is 11.5 Å². The number of benzene rings is 2. The van der Waals surface area contributed by atoms with Gasteiger partial charge in [-0.05, 0) is 93.6 Å². The first kappa shape index (κ1) is 19.7. The Bertz CT molecular complexity index is 1000. The van der Waals surface area contributed by atoms with Crippen LogP contribution in [0.5, 0.6) is 11.5 Å². The smallest absolute Gasteiger partial charge is 0.204 e. The van der Waals surface area contributed by atoms with Gasteiger partial charge in [0.2, 0.25) is 4.77 Å². The van der Waals surface area contributed by atoms with Crippen LogP contribution < -0.4 is 9.47 Å². The minimum absolute atomic E-state index is 0.643. The van der Waals surface area contributed by atoms with Gasteiger partial charge < -0.3 is 9.47 Å². The molecule has 0 aliphatic carbocycles. The van der Waals surface area contributed by atoms with Gasteiger partial charge in [0.25, 0.3) is 0 Å². The highest BCUT2D eigenvalue weighted by Crippen LogP contribution is 2.26. The summed E-state index contributed by atoms with van der Waals surface area (Å²) in [6.07, 6.45) is 2.47. The molecule has 1 fully saturated rings. The van der Waals surface area contributed by atoms with Gasteiger partial charge in [0.05, 0.1) is 26.1 Å². The van der Waals surface area contributed by atoms with Gasteiger partial charge >= 0.3 is 0 Å². The van der Waals surface area contributed by atoms with E-state index >= 15 is 0 Å². The van der Waals surface area contributed by atoms with Crippen molar-refractivity contribution in [2.75, 3.05) is 26.8 Å². The van der Waals surface area contributed by atoms with Crippen molar-refractivity contribution in [2.45, 2.75) is 26.4 Å². The molecule has 4 rings (SSSR count). The van der Waals surface area contributed by atoms with E-state index in [1.54, 1.807) is 7.11 Å². The number of methoxy groups -OCH3 is 1. The lowest BCUT2D eigenvalue weighted by atomic mass is 10.2. The third kappa shape index (κ3) is 4.21. The van der Waals surface area contributed by atoms with Crippen molar-refractivity contribution in [1.29, 1.82) is 0 Å². The minimum atomic E-state index is 0.643. The summed E-state index contributed by atoms with van der Waals surface area (Å²) in [4.78, 5) is 2.39. The highest BCUT2D eigenvalue weighted by atomic mass is 32.1. The quantitative estimate of drug-likeness (QED) is 0.536. The van der Waals surface area contributed by atoms with E-state index in [9.17, 15) is 0 Å². The average Bonchev–Trinajstić information content (AvgIpc) is 3.38. The van der Waals surface area contributed by atoms with Crippen molar-refractivity contribution < 1.29 is 9.47 Å². The second kappa shape index (κ2) is 8.80. The zero-order chi connectivity index (χ0) is 20.2. The summed E-state index contributed by atoms with van der Waals surface area (Å²) >= 11 is 5.84. The Labute approximate surface area is 176 Å². The number of nitrogens with zero attached hydrogens (tertiary/aromatic N) is 4. The molecule has 1 aromatic heterocycles. The first-order chi connectivity index (χ1) is 14.2. The molecular weight excluding hydrogens is 384 g/mol. The fourth-order valence-electron chi connectivity index (χ4n) is 3.63. The van der Waals surface area contributed by atoms with Crippen LogP contribution >= 0.6 is 12.2 Å². The van der Waals surface area contributed by atoms with Gasteiger partial charge in [-0.3, -0.25) is 9.47 Å². The molecule has 0 radical (unpaired) electrons. The molecule has 0 saturated carbocycles. The van der Waals surface area contributed by atoms with Crippen molar-refractivity contribution in [3.63, 3.8) is 0 Å². The van der Waals surface area contributed by atoms with Crippen LogP contribution in [0, 0.1) is 4.77 Å². The maximum Gasteiger partial charge on any atom is 0.204 e. The van der Waals surface area contributed by atoms with E-state index in [0.29, 0.717) is 18.0 Å². The molecule has 3 aromatic rings. The summed E-state index contributed by atoms with van der Waals surface area (Å²) < 4.78 is 15.5. The highest BCUT2D eigenvalue weighted by molar-refractivity contribution is 7.71. The molecule has 1 aliphatic heterocycles. The van der Waals surface area contributed by atoms with Crippen LogP contribution in [0.3, 0.4) is 0 Å². The summed E-state index contributed by atoms with van der Waals surface area (Å²) in [5.41, 5.74) is 1.96. The Kier molecular flexibility index (Phi) is 5.97. The van der Waals surface area contributed by atoms with Gasteiger partial charge in [-0.15, -0.1) is 5.10 Å². The number of hydrogen-bond acceptors (Lipinski definition) is 5. The topological polar surface area (TPSA) is 44.5 Å². The van der Waals surface area contributed by atoms with Crippen molar-refractivity contribution in [1.82, 2.24) is 19.2 Å². The van der Waals surface area contributed by atoms with Crippen LogP contribution in [0.4, 0.5) is 0 Å². The Morgan fingerprint density at radius 3 is 2.24 bits per heavy atom. The molecule has 152 valence electrons. The van der Waals surface area contributed by atoms with Crippen molar-refractivity contribution in [3.05, 3.63) is 53.3 Å². The molecule has 7 heteroatoms. The van der Waals surface area contributed by atoms with E-state index in [0.717, 1.165) is 41.7 Å². The maximum absolute atomic E-state index is 5.84. The van der Waals surface area contributed by atoms with Crippen molar-refractivity contribution >= 4 is 12.2 Å². The fraction of sp³-hybridized carbons (Fsp3) is 0.364. The zero-order valence-electron chi connectivity index (χ0n) is 16.9. The Morgan fingerprint density at radius 2 is 1.62 bits per heavy atom. The summed E-state index contributed by atoms with van der Waals surface area (Å²) in [6, 6.07) is 15.9. The van der Waals surface area contributed by atoms with Gasteiger partial charge in [0.15, 0.2) is 5.82 Å². The van der Waals surface area contributed by atoms with Gasteiger partial charge in [-0.2, -0.15) is 0 Å². The normalized spacial score (nSPS) is 14.3. The molecule has 1 saturated heterocycles. The summed E-state index contributed by atoms with van der Waals surface area (Å²) in [7, 11) is 1.67. The molecule has 0 bridgehead atoms. The maximum atomic E-state index is 5.84. The lowest BCUT2D eigenvalue weighted by molar-refractivity contribution is 0.253. The molecule has 1 aliphatic rings. The largest absolute Gasteiger partial charge is 0.497 e. The fourth-order valence-corrected chi connectivity index (χ4v) is 3.92. The number of ether oxygens (including phenoxy) is 2. The van der Waals surface area contributed by atoms with E-state index in [-0.39, 0.29) is 0 Å². The summed E-state index contributed by atoms with van der Waals surface area (Å²) in [5, 5.41) is 4.90.